The fourth-order valence-corrected chi connectivity index (χ4v) is 2.73. The van der Waals surface area contributed by atoms with Gasteiger partial charge in [-0.3, -0.25) is 0 Å². The molecule has 2 heteroatoms. The van der Waals surface area contributed by atoms with Gasteiger partial charge in [-0.15, -0.1) is 17.0 Å². The quantitative estimate of drug-likeness (QED) is 0.410. The second-order valence-corrected chi connectivity index (χ2v) is 5.81. The summed E-state index contributed by atoms with van der Waals surface area (Å²) < 4.78 is 0. The van der Waals surface area contributed by atoms with Gasteiger partial charge in [-0.1, -0.05) is 65.2 Å². The van der Waals surface area contributed by atoms with Gasteiger partial charge in [0.15, 0.2) is 0 Å². The lowest BCUT2D eigenvalue weighted by Gasteiger charge is -2.05. The Bertz CT molecular complexity index is 278. The van der Waals surface area contributed by atoms with Gasteiger partial charge in [0.05, 0.1) is 0 Å². The van der Waals surface area contributed by atoms with E-state index in [1.54, 1.807) is 5.56 Å². The molecular formula is C18H34BrN. The lowest BCUT2D eigenvalue weighted by atomic mass is 10.0. The first-order chi connectivity index (χ1) is 9.38. The Labute approximate surface area is 136 Å². The van der Waals surface area contributed by atoms with Crippen LogP contribution in [-0.2, 0) is 12.8 Å². The van der Waals surface area contributed by atoms with Crippen LogP contribution in [0.3, 0.4) is 0 Å². The molecule has 0 saturated heterocycles. The SMILES string of the molecule is Br.CCCCCCCc1cc[nH]c1CCCCCCC. The number of aromatic amines is 1. The van der Waals surface area contributed by atoms with Gasteiger partial charge in [0, 0.05) is 11.9 Å². The first kappa shape index (κ1) is 19.8. The summed E-state index contributed by atoms with van der Waals surface area (Å²) in [6.07, 6.45) is 18.4. The fraction of sp³-hybridized carbons (Fsp3) is 0.778. The molecule has 1 nitrogen and oxygen atoms in total. The number of halogens is 1. The van der Waals surface area contributed by atoms with Gasteiger partial charge in [0.25, 0.3) is 0 Å². The summed E-state index contributed by atoms with van der Waals surface area (Å²) >= 11 is 0. The Balaban J connectivity index is 0.00000361. The molecule has 0 aliphatic heterocycles. The molecule has 1 aromatic heterocycles. The van der Waals surface area contributed by atoms with E-state index in [4.69, 9.17) is 0 Å². The van der Waals surface area contributed by atoms with Crippen LogP contribution in [0.1, 0.15) is 89.3 Å². The molecule has 0 aliphatic rings. The number of unbranched alkanes of at least 4 members (excludes halogenated alkanes) is 8. The zero-order chi connectivity index (χ0) is 13.8. The van der Waals surface area contributed by atoms with Crippen LogP contribution in [0.15, 0.2) is 12.3 Å². The normalized spacial score (nSPS) is 10.5. The van der Waals surface area contributed by atoms with Crippen LogP contribution < -0.4 is 0 Å². The number of H-pyrrole nitrogens is 1. The van der Waals surface area contributed by atoms with Crippen molar-refractivity contribution in [2.75, 3.05) is 0 Å². The lowest BCUT2D eigenvalue weighted by molar-refractivity contribution is 0.618. The van der Waals surface area contributed by atoms with Gasteiger partial charge in [-0.2, -0.15) is 0 Å². The predicted molar refractivity (Wildman–Crippen MR) is 96.0 cm³/mol. The molecule has 0 aromatic carbocycles. The molecular weight excluding hydrogens is 310 g/mol. The summed E-state index contributed by atoms with van der Waals surface area (Å²) in [5.74, 6) is 0. The molecule has 0 fully saturated rings. The Hall–Kier alpha value is -0.240. The van der Waals surface area contributed by atoms with Gasteiger partial charge < -0.3 is 4.98 Å². The highest BCUT2D eigenvalue weighted by Crippen LogP contribution is 2.15. The van der Waals surface area contributed by atoms with Crippen molar-refractivity contribution in [2.24, 2.45) is 0 Å². The number of hydrogen-bond donors (Lipinski definition) is 1. The van der Waals surface area contributed by atoms with Crippen molar-refractivity contribution in [3.63, 3.8) is 0 Å². The molecule has 0 saturated carbocycles. The van der Waals surface area contributed by atoms with E-state index < -0.39 is 0 Å². The molecule has 1 heterocycles. The Morgan fingerprint density at radius 2 is 1.30 bits per heavy atom. The molecule has 0 atom stereocenters. The molecule has 0 bridgehead atoms. The molecule has 0 spiro atoms. The highest BCUT2D eigenvalue weighted by Gasteiger charge is 2.03. The maximum absolute atomic E-state index is 3.45. The second kappa shape index (κ2) is 13.7. The average Bonchev–Trinajstić information content (AvgIpc) is 2.86. The van der Waals surface area contributed by atoms with E-state index in [1.807, 2.05) is 0 Å². The van der Waals surface area contributed by atoms with Crippen LogP contribution >= 0.6 is 17.0 Å². The smallest absolute Gasteiger partial charge is 0.0179 e. The molecule has 0 radical (unpaired) electrons. The van der Waals surface area contributed by atoms with Crippen molar-refractivity contribution in [2.45, 2.75) is 90.9 Å². The summed E-state index contributed by atoms with van der Waals surface area (Å²) in [7, 11) is 0. The van der Waals surface area contributed by atoms with E-state index >= 15 is 0 Å². The van der Waals surface area contributed by atoms with Crippen LogP contribution in [0, 0.1) is 0 Å². The topological polar surface area (TPSA) is 15.8 Å². The maximum Gasteiger partial charge on any atom is 0.0179 e. The molecule has 1 N–H and O–H groups in total. The maximum atomic E-state index is 3.45. The Morgan fingerprint density at radius 1 is 0.750 bits per heavy atom. The lowest BCUT2D eigenvalue weighted by Crippen LogP contribution is -1.93. The van der Waals surface area contributed by atoms with Gasteiger partial charge in [-0.05, 0) is 37.3 Å². The fourth-order valence-electron chi connectivity index (χ4n) is 2.73. The molecule has 118 valence electrons. The molecule has 20 heavy (non-hydrogen) atoms. The number of rotatable bonds is 12. The monoisotopic (exact) mass is 343 g/mol. The van der Waals surface area contributed by atoms with Crippen LogP contribution in [0.5, 0.6) is 0 Å². The largest absolute Gasteiger partial charge is 0.365 e. The van der Waals surface area contributed by atoms with Gasteiger partial charge in [0.1, 0.15) is 0 Å². The van der Waals surface area contributed by atoms with Crippen molar-refractivity contribution in [1.29, 1.82) is 0 Å². The second-order valence-electron chi connectivity index (χ2n) is 5.81. The molecule has 1 aromatic rings. The van der Waals surface area contributed by atoms with Crippen molar-refractivity contribution in [1.82, 2.24) is 4.98 Å². The summed E-state index contributed by atoms with van der Waals surface area (Å²) in [5.41, 5.74) is 3.08. The first-order valence-electron chi connectivity index (χ1n) is 8.53. The average molecular weight is 344 g/mol. The highest BCUT2D eigenvalue weighted by molar-refractivity contribution is 8.93. The zero-order valence-corrected chi connectivity index (χ0v) is 15.3. The standard InChI is InChI=1S/C18H33N.BrH/c1-3-5-7-9-11-13-17-15-16-19-18(17)14-12-10-8-6-4-2;/h15-16,19H,3-14H2,1-2H3;1H. The summed E-state index contributed by atoms with van der Waals surface area (Å²) in [4.78, 5) is 3.45. The van der Waals surface area contributed by atoms with E-state index in [2.05, 4.69) is 31.1 Å². The predicted octanol–water partition coefficient (Wildman–Crippen LogP) is 6.62. The third-order valence-corrected chi connectivity index (χ3v) is 4.01. The van der Waals surface area contributed by atoms with Crippen LogP contribution in [0.4, 0.5) is 0 Å². The van der Waals surface area contributed by atoms with E-state index in [0.29, 0.717) is 0 Å². The molecule has 0 aliphatic carbocycles. The van der Waals surface area contributed by atoms with Gasteiger partial charge in [0.2, 0.25) is 0 Å². The van der Waals surface area contributed by atoms with E-state index in [0.717, 1.165) is 0 Å². The first-order valence-corrected chi connectivity index (χ1v) is 8.53. The number of aromatic nitrogens is 1. The van der Waals surface area contributed by atoms with E-state index in [-0.39, 0.29) is 17.0 Å². The third-order valence-electron chi connectivity index (χ3n) is 4.01. The minimum absolute atomic E-state index is 0. The molecule has 0 unspecified atom stereocenters. The van der Waals surface area contributed by atoms with Gasteiger partial charge >= 0.3 is 0 Å². The van der Waals surface area contributed by atoms with Crippen molar-refractivity contribution in [3.05, 3.63) is 23.5 Å². The Morgan fingerprint density at radius 3 is 1.90 bits per heavy atom. The van der Waals surface area contributed by atoms with Crippen LogP contribution in [0.25, 0.3) is 0 Å². The Kier molecular flexibility index (Phi) is 13.6. The van der Waals surface area contributed by atoms with Crippen molar-refractivity contribution < 1.29 is 0 Å². The third kappa shape index (κ3) is 8.84. The minimum atomic E-state index is 0. The minimum Gasteiger partial charge on any atom is -0.365 e. The molecule has 1 rings (SSSR count). The highest BCUT2D eigenvalue weighted by atomic mass is 79.9. The summed E-state index contributed by atoms with van der Waals surface area (Å²) in [6, 6.07) is 2.29. The van der Waals surface area contributed by atoms with Crippen molar-refractivity contribution >= 4 is 17.0 Å². The number of nitrogens with one attached hydrogen (secondary N) is 1. The molecule has 0 amide bonds. The number of aryl methyl sites for hydroxylation is 2. The summed E-state index contributed by atoms with van der Waals surface area (Å²) in [5, 5.41) is 0. The summed E-state index contributed by atoms with van der Waals surface area (Å²) in [6.45, 7) is 4.56. The van der Waals surface area contributed by atoms with Crippen LogP contribution in [0.2, 0.25) is 0 Å². The van der Waals surface area contributed by atoms with Gasteiger partial charge in [-0.25, -0.2) is 0 Å². The zero-order valence-electron chi connectivity index (χ0n) is 13.5. The van der Waals surface area contributed by atoms with Crippen LogP contribution in [-0.4, -0.2) is 4.98 Å². The number of hydrogen-bond acceptors (Lipinski definition) is 0. The van der Waals surface area contributed by atoms with E-state index in [9.17, 15) is 0 Å². The van der Waals surface area contributed by atoms with Crippen molar-refractivity contribution in [3.8, 4) is 0 Å². The van der Waals surface area contributed by atoms with E-state index in [1.165, 1.54) is 82.7 Å².